The van der Waals surface area contributed by atoms with Crippen molar-refractivity contribution in [1.82, 2.24) is 9.55 Å². The molecule has 0 saturated heterocycles. The molecule has 0 aliphatic rings. The Bertz CT molecular complexity index is 688. The summed E-state index contributed by atoms with van der Waals surface area (Å²) in [4.78, 5) is 4.29. The quantitative estimate of drug-likeness (QED) is 0.883. The summed E-state index contributed by atoms with van der Waals surface area (Å²) in [7, 11) is -3.35. The van der Waals surface area contributed by atoms with E-state index in [1.807, 2.05) is 26.0 Å². The summed E-state index contributed by atoms with van der Waals surface area (Å²) < 4.78 is 27.3. The lowest BCUT2D eigenvalue weighted by atomic mass is 10.3. The van der Waals surface area contributed by atoms with Crippen molar-refractivity contribution >= 4 is 20.9 Å². The van der Waals surface area contributed by atoms with E-state index in [0.717, 1.165) is 5.39 Å². The predicted molar refractivity (Wildman–Crippen MR) is 80.3 cm³/mol. The van der Waals surface area contributed by atoms with Gasteiger partial charge in [0.15, 0.2) is 9.84 Å². The topological polar surface area (TPSA) is 78.0 Å². The van der Waals surface area contributed by atoms with Crippen LogP contribution in [0.15, 0.2) is 29.4 Å². The lowest BCUT2D eigenvalue weighted by molar-refractivity contribution is 0.554. The highest BCUT2D eigenvalue weighted by molar-refractivity contribution is 7.92. The van der Waals surface area contributed by atoms with Gasteiger partial charge in [0.25, 0.3) is 0 Å². The second kappa shape index (κ2) is 5.93. The number of aromatic nitrogens is 2. The smallest absolute Gasteiger partial charge is 0.196 e. The molecule has 2 aromatic rings. The molecule has 20 heavy (non-hydrogen) atoms. The molecule has 0 radical (unpaired) electrons. The first-order valence-corrected chi connectivity index (χ1v) is 8.49. The molecule has 0 atom stereocenters. The third-order valence-corrected chi connectivity index (χ3v) is 6.08. The van der Waals surface area contributed by atoms with Crippen LogP contribution in [0.25, 0.3) is 11.0 Å². The highest BCUT2D eigenvalue weighted by Crippen LogP contribution is 2.26. The summed E-state index contributed by atoms with van der Waals surface area (Å²) in [6, 6.07) is 5.40. The molecular formula is C14H21N3O2S. The molecule has 0 unspecified atom stereocenters. The average molecular weight is 295 g/mol. The predicted octanol–water partition coefficient (Wildman–Crippen LogP) is 1.96. The molecule has 2 N–H and O–H groups in total. The van der Waals surface area contributed by atoms with Gasteiger partial charge in [0.2, 0.25) is 0 Å². The van der Waals surface area contributed by atoms with Crippen LogP contribution in [0.3, 0.4) is 0 Å². The van der Waals surface area contributed by atoms with Gasteiger partial charge < -0.3 is 10.3 Å². The zero-order valence-corrected chi connectivity index (χ0v) is 12.7. The van der Waals surface area contributed by atoms with E-state index in [-0.39, 0.29) is 5.25 Å². The summed E-state index contributed by atoms with van der Waals surface area (Å²) in [5, 5.41) is 0.819. The Kier molecular flexibility index (Phi) is 4.45. The number of pyridine rings is 1. The highest BCUT2D eigenvalue weighted by Gasteiger charge is 2.28. The Morgan fingerprint density at radius 1 is 1.35 bits per heavy atom. The van der Waals surface area contributed by atoms with Crippen molar-refractivity contribution in [3.05, 3.63) is 24.4 Å². The molecule has 0 saturated carbocycles. The van der Waals surface area contributed by atoms with Crippen LogP contribution >= 0.6 is 0 Å². The van der Waals surface area contributed by atoms with Crippen LogP contribution < -0.4 is 5.73 Å². The van der Waals surface area contributed by atoms with E-state index in [1.54, 1.807) is 16.8 Å². The minimum atomic E-state index is -3.35. The van der Waals surface area contributed by atoms with E-state index < -0.39 is 9.84 Å². The van der Waals surface area contributed by atoms with E-state index in [2.05, 4.69) is 4.98 Å². The maximum atomic E-state index is 12.8. The summed E-state index contributed by atoms with van der Waals surface area (Å²) in [5.74, 6) is 0. The molecule has 0 fully saturated rings. The number of hydrogen-bond acceptors (Lipinski definition) is 4. The number of sulfone groups is 1. The van der Waals surface area contributed by atoms with Crippen molar-refractivity contribution in [2.75, 3.05) is 6.54 Å². The first kappa shape index (κ1) is 15.0. The molecule has 2 aromatic heterocycles. The summed E-state index contributed by atoms with van der Waals surface area (Å²) in [5.41, 5.74) is 6.30. The van der Waals surface area contributed by atoms with Crippen molar-refractivity contribution < 1.29 is 8.42 Å². The fraction of sp³-hybridized carbons (Fsp3) is 0.500. The van der Waals surface area contributed by atoms with Gasteiger partial charge in [0, 0.05) is 24.7 Å². The largest absolute Gasteiger partial charge is 0.329 e. The molecule has 0 spiro atoms. The number of fused-ring (bicyclic) bond motifs is 1. The average Bonchev–Trinajstić information content (AvgIpc) is 2.80. The normalized spacial score (nSPS) is 12.4. The Morgan fingerprint density at radius 3 is 2.65 bits per heavy atom. The van der Waals surface area contributed by atoms with Gasteiger partial charge in [-0.1, -0.05) is 13.8 Å². The van der Waals surface area contributed by atoms with Crippen LogP contribution in [-0.2, 0) is 16.4 Å². The SMILES string of the molecule is CCC(CC)S(=O)(=O)c1cc2cccnc2n1CCN. The molecular weight excluding hydrogens is 274 g/mol. The highest BCUT2D eigenvalue weighted by atomic mass is 32.2. The molecule has 110 valence electrons. The van der Waals surface area contributed by atoms with Crippen molar-refractivity contribution in [2.24, 2.45) is 5.73 Å². The van der Waals surface area contributed by atoms with Crippen LogP contribution in [0.2, 0.25) is 0 Å². The van der Waals surface area contributed by atoms with E-state index >= 15 is 0 Å². The molecule has 0 amide bonds. The third-order valence-electron chi connectivity index (χ3n) is 3.61. The van der Waals surface area contributed by atoms with Crippen LogP contribution in [0, 0.1) is 0 Å². The van der Waals surface area contributed by atoms with Crippen LogP contribution in [-0.4, -0.2) is 29.8 Å². The monoisotopic (exact) mass is 295 g/mol. The Hall–Kier alpha value is -1.40. The second-order valence-corrected chi connectivity index (χ2v) is 7.00. The van der Waals surface area contributed by atoms with Gasteiger partial charge in [0.1, 0.15) is 10.7 Å². The van der Waals surface area contributed by atoms with Crippen molar-refractivity contribution in [1.29, 1.82) is 0 Å². The van der Waals surface area contributed by atoms with Gasteiger partial charge in [-0.05, 0) is 31.0 Å². The third kappa shape index (κ3) is 2.45. The first-order chi connectivity index (χ1) is 9.56. The number of rotatable bonds is 6. The molecule has 2 rings (SSSR count). The molecule has 0 aromatic carbocycles. The molecule has 0 aliphatic heterocycles. The van der Waals surface area contributed by atoms with Gasteiger partial charge in [-0.2, -0.15) is 0 Å². The first-order valence-electron chi connectivity index (χ1n) is 6.94. The summed E-state index contributed by atoms with van der Waals surface area (Å²) in [6.07, 6.45) is 2.88. The lowest BCUT2D eigenvalue weighted by Gasteiger charge is -2.15. The number of nitrogens with two attached hydrogens (primary N) is 1. The molecule has 0 aliphatic carbocycles. The Balaban J connectivity index is 2.67. The molecule has 0 bridgehead atoms. The minimum Gasteiger partial charge on any atom is -0.329 e. The molecule has 5 nitrogen and oxygen atoms in total. The number of nitrogens with zero attached hydrogens (tertiary/aromatic N) is 2. The lowest BCUT2D eigenvalue weighted by Crippen LogP contribution is -2.24. The number of hydrogen-bond donors (Lipinski definition) is 1. The van der Waals surface area contributed by atoms with Gasteiger partial charge in [-0.3, -0.25) is 0 Å². The van der Waals surface area contributed by atoms with E-state index in [4.69, 9.17) is 5.73 Å². The zero-order valence-electron chi connectivity index (χ0n) is 11.9. The van der Waals surface area contributed by atoms with Gasteiger partial charge >= 0.3 is 0 Å². The van der Waals surface area contributed by atoms with Crippen molar-refractivity contribution in [3.63, 3.8) is 0 Å². The fourth-order valence-corrected chi connectivity index (χ4v) is 4.54. The Morgan fingerprint density at radius 2 is 2.05 bits per heavy atom. The van der Waals surface area contributed by atoms with Crippen molar-refractivity contribution in [2.45, 2.75) is 43.5 Å². The van der Waals surface area contributed by atoms with Crippen LogP contribution in [0.4, 0.5) is 0 Å². The van der Waals surface area contributed by atoms with Gasteiger partial charge in [0.05, 0.1) is 5.25 Å². The Labute approximate surface area is 119 Å². The van der Waals surface area contributed by atoms with E-state index in [0.29, 0.717) is 36.6 Å². The fourth-order valence-electron chi connectivity index (χ4n) is 2.54. The van der Waals surface area contributed by atoms with Crippen LogP contribution in [0.5, 0.6) is 0 Å². The van der Waals surface area contributed by atoms with Crippen molar-refractivity contribution in [3.8, 4) is 0 Å². The van der Waals surface area contributed by atoms with Gasteiger partial charge in [-0.15, -0.1) is 0 Å². The maximum Gasteiger partial charge on any atom is 0.196 e. The molecule has 6 heteroatoms. The molecule has 2 heterocycles. The van der Waals surface area contributed by atoms with Crippen LogP contribution in [0.1, 0.15) is 26.7 Å². The standard InChI is InChI=1S/C14H21N3O2S/c1-3-12(4-2)20(18,19)13-10-11-6-5-8-16-14(11)17(13)9-7-15/h5-6,8,10,12H,3-4,7,9,15H2,1-2H3. The van der Waals surface area contributed by atoms with Gasteiger partial charge in [-0.25, -0.2) is 13.4 Å². The zero-order chi connectivity index (χ0) is 14.8. The second-order valence-electron chi connectivity index (χ2n) is 4.82. The minimum absolute atomic E-state index is 0.338. The van der Waals surface area contributed by atoms with E-state index in [1.165, 1.54) is 0 Å². The van der Waals surface area contributed by atoms with E-state index in [9.17, 15) is 8.42 Å². The maximum absolute atomic E-state index is 12.8. The summed E-state index contributed by atoms with van der Waals surface area (Å²) >= 11 is 0. The summed E-state index contributed by atoms with van der Waals surface area (Å²) in [6.45, 7) is 4.64.